The average Bonchev–Trinajstić information content (AvgIpc) is 2.81. The number of hydroxylamine groups is 1. The SMILES string of the molecule is CNC(=O)[C@@H](NC(=O)[C@H](CC(C)C)[C@H](NC(=O)CCCCc1ccccc1)C(=O)NO)C(C)(C)C. The summed E-state index contributed by atoms with van der Waals surface area (Å²) in [4.78, 5) is 50.9. The summed E-state index contributed by atoms with van der Waals surface area (Å²) >= 11 is 0. The third-order valence-electron chi connectivity index (χ3n) is 5.80. The van der Waals surface area contributed by atoms with Crippen molar-refractivity contribution >= 4 is 23.6 Å². The molecule has 9 heteroatoms. The second-order valence-corrected chi connectivity index (χ2v) is 10.4. The molecule has 3 atom stereocenters. The molecule has 0 saturated heterocycles. The smallest absolute Gasteiger partial charge is 0.266 e. The first-order valence-electron chi connectivity index (χ1n) is 12.2. The predicted molar refractivity (Wildman–Crippen MR) is 134 cm³/mol. The molecule has 0 aromatic heterocycles. The van der Waals surface area contributed by atoms with Gasteiger partial charge in [0, 0.05) is 13.5 Å². The van der Waals surface area contributed by atoms with E-state index < -0.39 is 35.2 Å². The lowest BCUT2D eigenvalue weighted by molar-refractivity contribution is -0.142. The van der Waals surface area contributed by atoms with Gasteiger partial charge in [0.05, 0.1) is 5.92 Å². The Morgan fingerprint density at radius 2 is 1.54 bits per heavy atom. The normalized spacial score (nSPS) is 13.9. The van der Waals surface area contributed by atoms with Gasteiger partial charge in [0.2, 0.25) is 17.7 Å². The summed E-state index contributed by atoms with van der Waals surface area (Å²) < 4.78 is 0. The molecule has 1 aromatic rings. The second-order valence-electron chi connectivity index (χ2n) is 10.4. The molecule has 196 valence electrons. The van der Waals surface area contributed by atoms with Crippen molar-refractivity contribution in [2.24, 2.45) is 17.3 Å². The quantitative estimate of drug-likeness (QED) is 0.164. The Labute approximate surface area is 208 Å². The lowest BCUT2D eigenvalue weighted by atomic mass is 9.84. The fourth-order valence-electron chi connectivity index (χ4n) is 3.89. The van der Waals surface area contributed by atoms with Crippen LogP contribution in [0, 0.1) is 17.3 Å². The number of likely N-dealkylation sites (N-methyl/N-ethyl adjacent to an activating group) is 1. The van der Waals surface area contributed by atoms with Gasteiger partial charge in [0.25, 0.3) is 5.91 Å². The van der Waals surface area contributed by atoms with E-state index in [1.54, 1.807) is 5.48 Å². The highest BCUT2D eigenvalue weighted by Crippen LogP contribution is 2.22. The summed E-state index contributed by atoms with van der Waals surface area (Å²) in [7, 11) is 1.48. The highest BCUT2D eigenvalue weighted by molar-refractivity contribution is 5.95. The molecular formula is C26H42N4O5. The molecule has 1 aromatic carbocycles. The van der Waals surface area contributed by atoms with Gasteiger partial charge in [-0.1, -0.05) is 65.0 Å². The van der Waals surface area contributed by atoms with Crippen molar-refractivity contribution in [1.29, 1.82) is 0 Å². The van der Waals surface area contributed by atoms with Crippen molar-refractivity contribution in [2.45, 2.75) is 78.8 Å². The number of carbonyl (C=O) groups excluding carboxylic acids is 4. The van der Waals surface area contributed by atoms with E-state index in [4.69, 9.17) is 0 Å². The molecule has 5 N–H and O–H groups in total. The van der Waals surface area contributed by atoms with Crippen LogP contribution < -0.4 is 21.4 Å². The summed E-state index contributed by atoms with van der Waals surface area (Å²) in [6, 6.07) is 7.81. The van der Waals surface area contributed by atoms with E-state index >= 15 is 0 Å². The summed E-state index contributed by atoms with van der Waals surface area (Å²) in [5, 5.41) is 17.3. The number of amides is 4. The van der Waals surface area contributed by atoms with Gasteiger partial charge in [0.15, 0.2) is 0 Å². The fraction of sp³-hybridized carbons (Fsp3) is 0.615. The van der Waals surface area contributed by atoms with Gasteiger partial charge in [-0.2, -0.15) is 0 Å². The van der Waals surface area contributed by atoms with Crippen LogP contribution in [0.3, 0.4) is 0 Å². The van der Waals surface area contributed by atoms with Crippen molar-refractivity contribution in [2.75, 3.05) is 7.05 Å². The van der Waals surface area contributed by atoms with Gasteiger partial charge in [0.1, 0.15) is 12.1 Å². The minimum atomic E-state index is -1.28. The van der Waals surface area contributed by atoms with Crippen molar-refractivity contribution in [3.05, 3.63) is 35.9 Å². The molecule has 4 amide bonds. The van der Waals surface area contributed by atoms with E-state index in [0.29, 0.717) is 6.42 Å². The third-order valence-corrected chi connectivity index (χ3v) is 5.80. The number of benzene rings is 1. The largest absolute Gasteiger partial charge is 0.357 e. The van der Waals surface area contributed by atoms with Gasteiger partial charge in [-0.15, -0.1) is 0 Å². The zero-order valence-corrected chi connectivity index (χ0v) is 21.8. The standard InChI is InChI=1S/C26H42N4O5/c1-17(2)16-19(23(32)29-22(25(34)27-6)26(3,4)5)21(24(33)30-35)28-20(31)15-11-10-14-18-12-8-7-9-13-18/h7-9,12-13,17,19,21-22,35H,10-11,14-16H2,1-6H3,(H,27,34)(H,28,31)(H,29,32)(H,30,33)/t19-,21+,22-/m1/s1. The summed E-state index contributed by atoms with van der Waals surface area (Å²) in [5.74, 6) is -3.14. The molecule has 0 unspecified atom stereocenters. The minimum absolute atomic E-state index is 0.00982. The molecule has 0 heterocycles. The molecular weight excluding hydrogens is 448 g/mol. The number of nitrogens with one attached hydrogen (secondary N) is 4. The van der Waals surface area contributed by atoms with Crippen LogP contribution in [-0.2, 0) is 25.6 Å². The predicted octanol–water partition coefficient (Wildman–Crippen LogP) is 2.33. The van der Waals surface area contributed by atoms with Gasteiger partial charge < -0.3 is 16.0 Å². The van der Waals surface area contributed by atoms with Gasteiger partial charge in [-0.05, 0) is 42.6 Å². The van der Waals surface area contributed by atoms with Crippen LogP contribution in [0.5, 0.6) is 0 Å². The van der Waals surface area contributed by atoms with E-state index in [2.05, 4.69) is 16.0 Å². The first-order chi connectivity index (χ1) is 16.4. The van der Waals surface area contributed by atoms with Crippen LogP contribution in [-0.4, -0.2) is 48.0 Å². The molecule has 0 fully saturated rings. The first-order valence-corrected chi connectivity index (χ1v) is 12.2. The van der Waals surface area contributed by atoms with Gasteiger partial charge >= 0.3 is 0 Å². The Bertz CT molecular complexity index is 836. The van der Waals surface area contributed by atoms with Gasteiger partial charge in [-0.25, -0.2) is 5.48 Å². The molecule has 1 rings (SSSR count). The van der Waals surface area contributed by atoms with E-state index in [0.717, 1.165) is 12.8 Å². The zero-order chi connectivity index (χ0) is 26.6. The zero-order valence-electron chi connectivity index (χ0n) is 21.8. The van der Waals surface area contributed by atoms with Crippen LogP contribution in [0.25, 0.3) is 0 Å². The Kier molecular flexibility index (Phi) is 12.4. The van der Waals surface area contributed by atoms with Gasteiger partial charge in [-0.3, -0.25) is 24.4 Å². The van der Waals surface area contributed by atoms with Crippen molar-refractivity contribution in [3.8, 4) is 0 Å². The molecule has 0 aliphatic heterocycles. The maximum atomic E-state index is 13.3. The molecule has 0 aliphatic carbocycles. The summed E-state index contributed by atoms with van der Waals surface area (Å²) in [5.41, 5.74) is 2.17. The maximum absolute atomic E-state index is 13.3. The topological polar surface area (TPSA) is 137 Å². The Morgan fingerprint density at radius 3 is 2.06 bits per heavy atom. The Morgan fingerprint density at radius 1 is 0.914 bits per heavy atom. The number of rotatable bonds is 13. The van der Waals surface area contributed by atoms with Crippen molar-refractivity contribution in [3.63, 3.8) is 0 Å². The van der Waals surface area contributed by atoms with Crippen LogP contribution in [0.15, 0.2) is 30.3 Å². The third kappa shape index (κ3) is 10.5. The molecule has 9 nitrogen and oxygen atoms in total. The van der Waals surface area contributed by atoms with Crippen LogP contribution in [0.1, 0.15) is 65.9 Å². The molecule has 0 saturated carbocycles. The average molecular weight is 491 g/mol. The van der Waals surface area contributed by atoms with E-state index in [1.165, 1.54) is 12.6 Å². The number of unbranched alkanes of at least 4 members (excludes halogenated alkanes) is 1. The second kappa shape index (κ2) is 14.5. The highest BCUT2D eigenvalue weighted by atomic mass is 16.5. The lowest BCUT2D eigenvalue weighted by Gasteiger charge is -2.33. The number of aryl methyl sites for hydroxylation is 1. The van der Waals surface area contributed by atoms with Crippen molar-refractivity contribution in [1.82, 2.24) is 21.4 Å². The minimum Gasteiger partial charge on any atom is -0.357 e. The Balaban J connectivity index is 2.94. The number of hydrogen-bond donors (Lipinski definition) is 5. The summed E-state index contributed by atoms with van der Waals surface area (Å²) in [6.45, 7) is 9.23. The fourth-order valence-corrected chi connectivity index (χ4v) is 3.89. The molecule has 0 aliphatic rings. The molecule has 0 spiro atoms. The molecule has 35 heavy (non-hydrogen) atoms. The summed E-state index contributed by atoms with van der Waals surface area (Å²) in [6.07, 6.45) is 2.69. The van der Waals surface area contributed by atoms with Crippen LogP contribution >= 0.6 is 0 Å². The van der Waals surface area contributed by atoms with E-state index in [1.807, 2.05) is 65.0 Å². The van der Waals surface area contributed by atoms with Crippen LogP contribution in [0.2, 0.25) is 0 Å². The molecule has 0 radical (unpaired) electrons. The molecule has 0 bridgehead atoms. The van der Waals surface area contributed by atoms with Crippen molar-refractivity contribution < 1.29 is 24.4 Å². The Hall–Kier alpha value is -2.94. The monoisotopic (exact) mass is 490 g/mol. The highest BCUT2D eigenvalue weighted by Gasteiger charge is 2.39. The number of hydrogen-bond acceptors (Lipinski definition) is 5. The first kappa shape index (κ1) is 30.1. The number of carbonyl (C=O) groups is 4. The van der Waals surface area contributed by atoms with E-state index in [-0.39, 0.29) is 30.6 Å². The van der Waals surface area contributed by atoms with Crippen LogP contribution in [0.4, 0.5) is 0 Å². The lowest BCUT2D eigenvalue weighted by Crippen LogP contribution is -2.59. The van der Waals surface area contributed by atoms with E-state index in [9.17, 15) is 24.4 Å². The maximum Gasteiger partial charge on any atom is 0.266 e.